The molecule has 0 unspecified atom stereocenters. The van der Waals surface area contributed by atoms with Gasteiger partial charge in [0.1, 0.15) is 34.6 Å². The molecule has 0 spiro atoms. The van der Waals surface area contributed by atoms with Crippen molar-refractivity contribution < 1.29 is 26.5 Å². The molecule has 0 amide bonds. The van der Waals surface area contributed by atoms with Crippen LogP contribution in [0.4, 0.5) is 0 Å². The van der Waals surface area contributed by atoms with Crippen LogP contribution in [-0.2, 0) is 47.1 Å². The van der Waals surface area contributed by atoms with Crippen molar-refractivity contribution in [1.29, 1.82) is 0 Å². The van der Waals surface area contributed by atoms with E-state index in [9.17, 15) is 0 Å². The Morgan fingerprint density at radius 3 is 1.67 bits per heavy atom. The fourth-order valence-corrected chi connectivity index (χ4v) is 8.56. The van der Waals surface area contributed by atoms with Crippen molar-refractivity contribution in [2.24, 2.45) is 20.4 Å². The topological polar surface area (TPSA) is 92.0 Å². The number of benzene rings is 4. The zero-order chi connectivity index (χ0) is 31.9. The van der Waals surface area contributed by atoms with E-state index in [1.54, 1.807) is 21.1 Å². The van der Waals surface area contributed by atoms with Crippen molar-refractivity contribution in [3.63, 3.8) is 0 Å². The van der Waals surface area contributed by atoms with E-state index < -0.39 is 7.26 Å². The zero-order valence-electron chi connectivity index (χ0n) is 25.8. The van der Waals surface area contributed by atoms with Gasteiger partial charge in [-0.15, -0.1) is 5.10 Å². The molecule has 241 valence electrons. The van der Waals surface area contributed by atoms with Gasteiger partial charge in [0.05, 0.1) is 19.4 Å². The summed E-state index contributed by atoms with van der Waals surface area (Å²) >= 11 is 10.6. The Morgan fingerprint density at radius 2 is 1.20 bits per heavy atom. The molecule has 2 N–H and O–H groups in total. The Bertz CT molecular complexity index is 1530. The summed E-state index contributed by atoms with van der Waals surface area (Å²) in [5, 5.41) is 27.1. The maximum atomic E-state index is 6.41. The molecule has 4 aromatic rings. The van der Waals surface area contributed by atoms with Crippen LogP contribution in [-0.4, -0.2) is 55.4 Å². The molecule has 1 radical (unpaired) electrons. The van der Waals surface area contributed by atoms with Crippen molar-refractivity contribution in [3.8, 4) is 5.75 Å². The van der Waals surface area contributed by atoms with Crippen molar-refractivity contribution >= 4 is 70.2 Å². The molecule has 0 aliphatic rings. The van der Waals surface area contributed by atoms with Crippen LogP contribution in [0, 0.1) is 0 Å². The molecule has 0 heterocycles. The van der Waals surface area contributed by atoms with Gasteiger partial charge in [-0.2, -0.15) is 15.3 Å². The molecule has 0 aliphatic carbocycles. The molecule has 0 saturated carbocycles. The second kappa shape index (κ2) is 19.1. The zero-order valence-corrected chi connectivity index (χ0v) is 29.2. The smallest absolute Gasteiger partial charge is 0.741 e. The van der Waals surface area contributed by atoms with Crippen molar-refractivity contribution in [2.75, 3.05) is 33.7 Å². The first-order valence-corrected chi connectivity index (χ1v) is 17.1. The summed E-state index contributed by atoms with van der Waals surface area (Å²) in [6, 6.07) is 39.3. The summed E-state index contributed by atoms with van der Waals surface area (Å²) in [4.78, 5) is 0. The normalized spacial score (nSPS) is 12.7. The fraction of sp³-hybridized carbons (Fsp3) is 0.176. The number of nitrogens with zero attached hydrogens (tertiary/aromatic N) is 4. The molecule has 8 nitrogen and oxygen atoms in total. The van der Waals surface area contributed by atoms with Gasteiger partial charge >= 0.3 is 17.1 Å². The Kier molecular flexibility index (Phi) is 15.3. The standard InChI is InChI=1S/C34H37N6O2PS2.Cu/c1-26(32(38-39-33(44)35-2)27-19-21-28(41-3)22-20-27)37-40-34(45)36-23-24-42-25-43(29-13-7-4-8-14-29,30-15-9-5-10-16-30)31-17-11-6-12-18-31;/h4-22H,23-25H2,1-3H3,(H3-,35,36,37,38,39,40,44,45);/q;+2/p-1. The molecule has 4 aromatic carbocycles. The number of rotatable bonds is 13. The van der Waals surface area contributed by atoms with Crippen LogP contribution < -0.4 is 31.3 Å². The number of nitrogens with one attached hydrogen (secondary N) is 2. The Morgan fingerprint density at radius 1 is 0.696 bits per heavy atom. The Balaban J connectivity index is 0.00000576. The molecule has 0 aliphatic heterocycles. The van der Waals surface area contributed by atoms with Gasteiger partial charge in [-0.05, 0) is 77.9 Å². The van der Waals surface area contributed by atoms with Crippen LogP contribution in [0.25, 0.3) is 0 Å². The first kappa shape index (κ1) is 36.8. The molecular weight excluding hydrogens is 683 g/mol. The number of amidine groups is 2. The Hall–Kier alpha value is -3.69. The molecule has 0 saturated heterocycles. The first-order chi connectivity index (χ1) is 22.0. The van der Waals surface area contributed by atoms with E-state index in [0.29, 0.717) is 30.9 Å². The molecule has 0 aromatic heterocycles. The second-order valence-corrected chi connectivity index (χ2v) is 13.9. The summed E-state index contributed by atoms with van der Waals surface area (Å²) < 4.78 is 11.7. The van der Waals surface area contributed by atoms with Gasteiger partial charge in [0.15, 0.2) is 6.35 Å². The van der Waals surface area contributed by atoms with Crippen LogP contribution >= 0.6 is 7.26 Å². The third-order valence-electron chi connectivity index (χ3n) is 6.85. The summed E-state index contributed by atoms with van der Waals surface area (Å²) in [6.07, 6.45) is 0.549. The molecule has 0 bridgehead atoms. The number of hydrogen-bond acceptors (Lipinski definition) is 8. The third-order valence-corrected chi connectivity index (χ3v) is 11.5. The van der Waals surface area contributed by atoms with Crippen LogP contribution in [0.2, 0.25) is 0 Å². The van der Waals surface area contributed by atoms with E-state index in [1.165, 1.54) is 15.9 Å². The van der Waals surface area contributed by atoms with E-state index in [4.69, 9.17) is 34.7 Å². The maximum absolute atomic E-state index is 6.41. The van der Waals surface area contributed by atoms with E-state index in [1.807, 2.05) is 42.5 Å². The minimum absolute atomic E-state index is 0. The number of ether oxygens (including phenoxy) is 2. The molecule has 46 heavy (non-hydrogen) atoms. The van der Waals surface area contributed by atoms with Crippen LogP contribution in [0.5, 0.6) is 5.75 Å². The molecule has 0 fully saturated rings. The summed E-state index contributed by atoms with van der Waals surface area (Å²) in [5.74, 6) is 0.725. The molecule has 0 atom stereocenters. The molecular formula is C34H36CuN6O2PS2+. The van der Waals surface area contributed by atoms with Gasteiger partial charge in [0.2, 0.25) is 0 Å². The minimum Gasteiger partial charge on any atom is -0.741 e. The monoisotopic (exact) mass is 718 g/mol. The summed E-state index contributed by atoms with van der Waals surface area (Å²) in [5.41, 5.74) is 1.81. The van der Waals surface area contributed by atoms with Crippen LogP contribution in [0.15, 0.2) is 136 Å². The first-order valence-electron chi connectivity index (χ1n) is 14.3. The minimum atomic E-state index is -2.08. The van der Waals surface area contributed by atoms with Crippen molar-refractivity contribution in [2.45, 2.75) is 6.92 Å². The van der Waals surface area contributed by atoms with E-state index in [-0.39, 0.29) is 27.4 Å². The van der Waals surface area contributed by atoms with Crippen LogP contribution in [0.3, 0.4) is 0 Å². The Labute approximate surface area is 293 Å². The van der Waals surface area contributed by atoms with E-state index in [2.05, 4.69) is 104 Å². The molecule has 4 rings (SSSR count). The van der Waals surface area contributed by atoms with Gasteiger partial charge in [0.25, 0.3) is 0 Å². The third kappa shape index (κ3) is 9.90. The average Bonchev–Trinajstić information content (AvgIpc) is 3.10. The predicted molar refractivity (Wildman–Crippen MR) is 195 cm³/mol. The van der Waals surface area contributed by atoms with Gasteiger partial charge < -0.3 is 45.4 Å². The van der Waals surface area contributed by atoms with Gasteiger partial charge in [-0.25, -0.2) is 0 Å². The van der Waals surface area contributed by atoms with Crippen molar-refractivity contribution in [1.82, 2.24) is 10.6 Å². The van der Waals surface area contributed by atoms with Gasteiger partial charge in [-0.3, -0.25) is 0 Å². The summed E-state index contributed by atoms with van der Waals surface area (Å²) in [7, 11) is 1.22. The van der Waals surface area contributed by atoms with Gasteiger partial charge in [0, 0.05) is 19.2 Å². The van der Waals surface area contributed by atoms with Crippen LogP contribution in [0.1, 0.15) is 12.5 Å². The summed E-state index contributed by atoms with van der Waals surface area (Å²) in [6.45, 7) is 2.70. The number of methoxy groups -OCH3 is 1. The quantitative estimate of drug-likeness (QED) is 0.0407. The maximum Gasteiger partial charge on any atom is 2.00 e. The fourth-order valence-electron chi connectivity index (χ4n) is 4.59. The van der Waals surface area contributed by atoms with E-state index >= 15 is 0 Å². The predicted octanol–water partition coefficient (Wildman–Crippen LogP) is 4.36. The SMILES string of the molecule is CN/C([S-])=N/N=C(/C(C)=N/N=C(\[S-])NCCOC[P+](c1ccccc1)(c1ccccc1)c1ccccc1)c1ccc(OC)cc1.[Cu+2]. The second-order valence-electron chi connectivity index (χ2n) is 9.70. The average molecular weight is 719 g/mol. The van der Waals surface area contributed by atoms with Crippen molar-refractivity contribution in [3.05, 3.63) is 121 Å². The largest absolute Gasteiger partial charge is 2.00 e. The molecule has 12 heteroatoms. The van der Waals surface area contributed by atoms with Gasteiger partial charge in [-0.1, -0.05) is 54.6 Å². The van der Waals surface area contributed by atoms with E-state index in [0.717, 1.165) is 11.3 Å². The number of hydrogen-bond donors (Lipinski definition) is 2.